The van der Waals surface area contributed by atoms with Gasteiger partial charge in [-0.25, -0.2) is 9.69 Å². The van der Waals surface area contributed by atoms with Crippen LogP contribution in [0.4, 0.5) is 0 Å². The van der Waals surface area contributed by atoms with Crippen molar-refractivity contribution in [2.24, 2.45) is 0 Å². The smallest absolute Gasteiger partial charge is 0.396 e. The first kappa shape index (κ1) is 18.0. The molecule has 0 aliphatic rings. The summed E-state index contributed by atoms with van der Waals surface area (Å²) in [6.45, 7) is 1.75. The number of phenolic OH excluding ortho intramolecular Hbond substituents is 1. The van der Waals surface area contributed by atoms with Gasteiger partial charge >= 0.3 is 11.9 Å². The third-order valence-corrected chi connectivity index (χ3v) is 3.05. The minimum Gasteiger partial charge on any atom is -0.508 e. The number of rotatable bonds is 5. The lowest BCUT2D eigenvalue weighted by Crippen LogP contribution is -2.50. The molecule has 2 N–H and O–H groups in total. The van der Waals surface area contributed by atoms with Gasteiger partial charge in [0.05, 0.1) is 7.11 Å². The van der Waals surface area contributed by atoms with Crippen molar-refractivity contribution in [3.8, 4) is 11.9 Å². The number of hydrogen-bond acceptors (Lipinski definition) is 6. The molecule has 0 fully saturated rings. The first-order valence-corrected chi connectivity index (χ1v) is 6.80. The van der Waals surface area contributed by atoms with Crippen LogP contribution < -0.4 is 5.32 Å². The highest BCUT2D eigenvalue weighted by molar-refractivity contribution is 6.32. The number of aromatic hydroxyl groups is 1. The Kier molecular flexibility index (Phi) is 6.55. The third kappa shape index (κ3) is 5.00. The zero-order chi connectivity index (χ0) is 17.4. The first-order valence-electron chi connectivity index (χ1n) is 6.80. The van der Waals surface area contributed by atoms with Gasteiger partial charge in [-0.1, -0.05) is 12.1 Å². The summed E-state index contributed by atoms with van der Waals surface area (Å²) in [6.07, 6.45) is 1.78. The lowest BCUT2D eigenvalue weighted by atomic mass is 10.0. The summed E-state index contributed by atoms with van der Waals surface area (Å²) in [5.41, 5.74) is 0.639. The molecule has 0 saturated heterocycles. The van der Waals surface area contributed by atoms with E-state index in [0.29, 0.717) is 5.56 Å². The normalized spacial score (nSPS) is 11.0. The largest absolute Gasteiger partial charge is 0.508 e. The Balaban J connectivity index is 2.98. The number of benzene rings is 1. The van der Waals surface area contributed by atoms with Crippen LogP contribution in [0.25, 0.3) is 0 Å². The summed E-state index contributed by atoms with van der Waals surface area (Å²) >= 11 is 0. The van der Waals surface area contributed by atoms with Gasteiger partial charge in [0, 0.05) is 13.0 Å². The van der Waals surface area contributed by atoms with Crippen molar-refractivity contribution in [3.05, 3.63) is 29.8 Å². The molecule has 23 heavy (non-hydrogen) atoms. The molecule has 8 nitrogen and oxygen atoms in total. The summed E-state index contributed by atoms with van der Waals surface area (Å²) in [4.78, 5) is 36.1. The number of carbonyl (C=O) groups excluding carboxylic acids is 3. The van der Waals surface area contributed by atoms with Gasteiger partial charge < -0.3 is 15.2 Å². The Morgan fingerprint density at radius 3 is 2.43 bits per heavy atom. The molecule has 1 rings (SSSR count). The van der Waals surface area contributed by atoms with E-state index >= 15 is 0 Å². The quantitative estimate of drug-likeness (QED) is 0.339. The molecule has 1 unspecified atom stereocenters. The van der Waals surface area contributed by atoms with E-state index in [0.717, 1.165) is 12.0 Å². The zero-order valence-electron chi connectivity index (χ0n) is 12.8. The van der Waals surface area contributed by atoms with Gasteiger partial charge in [-0.2, -0.15) is 5.26 Å². The van der Waals surface area contributed by atoms with E-state index in [4.69, 9.17) is 5.26 Å². The summed E-state index contributed by atoms with van der Waals surface area (Å²) in [5.74, 6) is -2.78. The van der Waals surface area contributed by atoms with E-state index in [1.165, 1.54) is 12.1 Å². The number of phenols is 1. The van der Waals surface area contributed by atoms with Crippen molar-refractivity contribution in [1.82, 2.24) is 10.2 Å². The number of nitrogens with one attached hydrogen (secondary N) is 1. The average molecular weight is 319 g/mol. The highest BCUT2D eigenvalue weighted by atomic mass is 16.5. The van der Waals surface area contributed by atoms with Gasteiger partial charge in [0.15, 0.2) is 6.19 Å². The van der Waals surface area contributed by atoms with E-state index in [2.05, 4.69) is 10.1 Å². The molecule has 0 radical (unpaired) electrons. The van der Waals surface area contributed by atoms with Crippen LogP contribution in [0.15, 0.2) is 24.3 Å². The second-order valence-electron chi connectivity index (χ2n) is 4.57. The maximum Gasteiger partial charge on any atom is 0.396 e. The number of amides is 2. The van der Waals surface area contributed by atoms with Crippen LogP contribution in [-0.2, 0) is 25.5 Å². The van der Waals surface area contributed by atoms with E-state index in [1.54, 1.807) is 25.2 Å². The minimum atomic E-state index is -1.13. The van der Waals surface area contributed by atoms with Crippen LogP contribution in [0.5, 0.6) is 5.75 Å². The average Bonchev–Trinajstić information content (AvgIpc) is 2.56. The van der Waals surface area contributed by atoms with Crippen molar-refractivity contribution in [2.45, 2.75) is 19.4 Å². The Hall–Kier alpha value is -3.08. The maximum absolute atomic E-state index is 12.3. The number of nitrogens with zero attached hydrogens (tertiary/aromatic N) is 2. The molecule has 0 aromatic heterocycles. The van der Waals surface area contributed by atoms with Gasteiger partial charge in [0.2, 0.25) is 0 Å². The molecule has 0 bridgehead atoms. The fourth-order valence-corrected chi connectivity index (χ4v) is 1.84. The molecular weight excluding hydrogens is 302 g/mol. The van der Waals surface area contributed by atoms with Crippen LogP contribution in [-0.4, -0.2) is 47.5 Å². The first-order chi connectivity index (χ1) is 10.9. The van der Waals surface area contributed by atoms with E-state index < -0.39 is 23.8 Å². The van der Waals surface area contributed by atoms with Crippen molar-refractivity contribution >= 4 is 17.8 Å². The summed E-state index contributed by atoms with van der Waals surface area (Å²) in [7, 11) is 1.05. The predicted octanol–water partition coefficient (Wildman–Crippen LogP) is -0.0779. The molecule has 0 spiro atoms. The SMILES string of the molecule is CCN(C#N)C(=O)C(Cc1ccc(O)cc1)NC(=O)C(=O)OC. The summed E-state index contributed by atoms with van der Waals surface area (Å²) in [6, 6.07) is 4.90. The number of nitriles is 1. The molecule has 1 aromatic carbocycles. The Morgan fingerprint density at radius 1 is 1.35 bits per heavy atom. The van der Waals surface area contributed by atoms with E-state index in [1.807, 2.05) is 0 Å². The van der Waals surface area contributed by atoms with Crippen molar-refractivity contribution < 1.29 is 24.2 Å². The van der Waals surface area contributed by atoms with Gasteiger partial charge in [-0.05, 0) is 24.6 Å². The topological polar surface area (TPSA) is 120 Å². The number of esters is 1. The van der Waals surface area contributed by atoms with E-state index in [-0.39, 0.29) is 18.7 Å². The monoisotopic (exact) mass is 319 g/mol. The zero-order valence-corrected chi connectivity index (χ0v) is 12.8. The summed E-state index contributed by atoms with van der Waals surface area (Å²) < 4.78 is 4.30. The lowest BCUT2D eigenvalue weighted by Gasteiger charge is -2.21. The van der Waals surface area contributed by atoms with Crippen molar-refractivity contribution in [3.63, 3.8) is 0 Å². The maximum atomic E-state index is 12.3. The number of ether oxygens (including phenoxy) is 1. The Labute approximate surface area is 133 Å². The Morgan fingerprint density at radius 2 is 1.96 bits per heavy atom. The van der Waals surface area contributed by atoms with Gasteiger partial charge in [-0.3, -0.25) is 9.59 Å². The van der Waals surface area contributed by atoms with Crippen LogP contribution in [0, 0.1) is 11.5 Å². The predicted molar refractivity (Wildman–Crippen MR) is 78.8 cm³/mol. The molecule has 8 heteroatoms. The van der Waals surface area contributed by atoms with Gasteiger partial charge in [0.1, 0.15) is 11.8 Å². The fourth-order valence-electron chi connectivity index (χ4n) is 1.84. The van der Waals surface area contributed by atoms with E-state index in [9.17, 15) is 19.5 Å². The van der Waals surface area contributed by atoms with Crippen LogP contribution in [0.1, 0.15) is 12.5 Å². The van der Waals surface area contributed by atoms with Gasteiger partial charge in [-0.15, -0.1) is 0 Å². The van der Waals surface area contributed by atoms with Crippen molar-refractivity contribution in [1.29, 1.82) is 5.26 Å². The van der Waals surface area contributed by atoms with Crippen LogP contribution in [0.2, 0.25) is 0 Å². The third-order valence-electron chi connectivity index (χ3n) is 3.05. The molecular formula is C15H17N3O5. The number of methoxy groups -OCH3 is 1. The molecule has 0 saturated carbocycles. The fraction of sp³-hybridized carbons (Fsp3) is 0.333. The molecule has 122 valence electrons. The molecule has 2 amide bonds. The number of likely N-dealkylation sites (N-methyl/N-ethyl adjacent to an activating group) is 1. The minimum absolute atomic E-state index is 0.0556. The lowest BCUT2D eigenvalue weighted by molar-refractivity contribution is -0.153. The van der Waals surface area contributed by atoms with Crippen LogP contribution in [0.3, 0.4) is 0 Å². The molecule has 0 aliphatic carbocycles. The second kappa shape index (κ2) is 8.38. The van der Waals surface area contributed by atoms with Crippen molar-refractivity contribution in [2.75, 3.05) is 13.7 Å². The molecule has 1 atom stereocenters. The molecule has 0 aliphatic heterocycles. The molecule has 0 heterocycles. The highest BCUT2D eigenvalue weighted by Crippen LogP contribution is 2.12. The number of carbonyl (C=O) groups is 3. The summed E-state index contributed by atoms with van der Waals surface area (Å²) in [5, 5.41) is 20.5. The standard InChI is InChI=1S/C15H17N3O5/c1-3-18(9-16)14(21)12(17-13(20)15(22)23-2)8-10-4-6-11(19)7-5-10/h4-7,12,19H,3,8H2,1-2H3,(H,17,20). The van der Waals surface area contributed by atoms with Gasteiger partial charge in [0.25, 0.3) is 5.91 Å². The second-order valence-corrected chi connectivity index (χ2v) is 4.57. The molecule has 1 aromatic rings. The highest BCUT2D eigenvalue weighted by Gasteiger charge is 2.28. The van der Waals surface area contributed by atoms with Crippen LogP contribution >= 0.6 is 0 Å². The number of hydrogen-bond donors (Lipinski definition) is 2. The Bertz CT molecular complexity index is 621.